The van der Waals surface area contributed by atoms with Gasteiger partial charge in [-0.1, -0.05) is 13.8 Å². The van der Waals surface area contributed by atoms with Crippen molar-refractivity contribution in [3.8, 4) is 11.5 Å². The lowest BCUT2D eigenvalue weighted by molar-refractivity contribution is 0.0778. The van der Waals surface area contributed by atoms with Gasteiger partial charge in [-0.3, -0.25) is 4.79 Å². The van der Waals surface area contributed by atoms with Crippen LogP contribution in [0.5, 0.6) is 11.5 Å². The van der Waals surface area contributed by atoms with Crippen molar-refractivity contribution >= 4 is 21.8 Å². The van der Waals surface area contributed by atoms with E-state index in [1.165, 1.54) is 0 Å². The number of hydrogen-bond acceptors (Lipinski definition) is 3. The fourth-order valence-electron chi connectivity index (χ4n) is 1.98. The minimum Gasteiger partial charge on any atom is -0.493 e. The largest absolute Gasteiger partial charge is 0.493 e. The summed E-state index contributed by atoms with van der Waals surface area (Å²) in [7, 11) is 3.37. The number of methoxy groups -OCH3 is 1. The maximum absolute atomic E-state index is 12.4. The molecule has 0 aliphatic rings. The number of rotatable bonds is 6. The number of carbonyl (C=O) groups is 1. The Morgan fingerprint density at radius 3 is 2.55 bits per heavy atom. The lowest BCUT2D eigenvalue weighted by atomic mass is 10.1. The van der Waals surface area contributed by atoms with Gasteiger partial charge in [0.05, 0.1) is 18.2 Å². The number of amides is 1. The fraction of sp³-hybridized carbons (Fsp3) is 0.533. The first-order valence-electron chi connectivity index (χ1n) is 6.66. The van der Waals surface area contributed by atoms with Gasteiger partial charge in [0, 0.05) is 19.2 Å². The van der Waals surface area contributed by atoms with Gasteiger partial charge >= 0.3 is 0 Å². The number of carbonyl (C=O) groups excluding carboxylic acids is 1. The molecule has 0 fully saturated rings. The Morgan fingerprint density at radius 1 is 1.40 bits per heavy atom. The van der Waals surface area contributed by atoms with Crippen LogP contribution in [0.4, 0.5) is 0 Å². The fourth-order valence-corrected chi connectivity index (χ4v) is 2.54. The highest BCUT2D eigenvalue weighted by Crippen LogP contribution is 2.36. The second-order valence-corrected chi connectivity index (χ2v) is 5.86. The molecule has 1 rings (SSSR count). The molecule has 20 heavy (non-hydrogen) atoms. The molecule has 0 spiro atoms. The van der Waals surface area contributed by atoms with E-state index in [9.17, 15) is 4.79 Å². The van der Waals surface area contributed by atoms with Gasteiger partial charge in [0.1, 0.15) is 0 Å². The van der Waals surface area contributed by atoms with Crippen LogP contribution >= 0.6 is 15.9 Å². The second kappa shape index (κ2) is 7.53. The first-order chi connectivity index (χ1) is 9.40. The summed E-state index contributed by atoms with van der Waals surface area (Å²) in [6, 6.07) is 3.49. The van der Waals surface area contributed by atoms with E-state index in [4.69, 9.17) is 9.47 Å². The number of nitrogens with zero attached hydrogens (tertiary/aromatic N) is 1. The summed E-state index contributed by atoms with van der Waals surface area (Å²) in [5, 5.41) is 0. The second-order valence-electron chi connectivity index (χ2n) is 5.00. The van der Waals surface area contributed by atoms with E-state index in [1.54, 1.807) is 31.2 Å². The van der Waals surface area contributed by atoms with Crippen LogP contribution in [-0.4, -0.2) is 38.1 Å². The van der Waals surface area contributed by atoms with Gasteiger partial charge in [0.15, 0.2) is 11.5 Å². The third-order valence-electron chi connectivity index (χ3n) is 2.75. The minimum absolute atomic E-state index is 0.0271. The summed E-state index contributed by atoms with van der Waals surface area (Å²) in [5.74, 6) is 1.58. The molecule has 0 aliphatic carbocycles. The van der Waals surface area contributed by atoms with Crippen molar-refractivity contribution < 1.29 is 14.3 Å². The van der Waals surface area contributed by atoms with E-state index in [0.717, 1.165) is 4.47 Å². The molecule has 0 unspecified atom stereocenters. The van der Waals surface area contributed by atoms with Crippen molar-refractivity contribution in [1.29, 1.82) is 0 Å². The molecular formula is C15H22BrNO3. The Hall–Kier alpha value is -1.23. The van der Waals surface area contributed by atoms with Gasteiger partial charge in [0.2, 0.25) is 0 Å². The van der Waals surface area contributed by atoms with Crippen LogP contribution in [0.3, 0.4) is 0 Å². The molecule has 0 radical (unpaired) electrons. The summed E-state index contributed by atoms with van der Waals surface area (Å²) in [4.78, 5) is 14.1. The lowest BCUT2D eigenvalue weighted by Gasteiger charge is -2.20. The molecule has 1 aromatic carbocycles. The number of halogens is 1. The molecule has 0 aromatic heterocycles. The monoisotopic (exact) mass is 343 g/mol. The van der Waals surface area contributed by atoms with Gasteiger partial charge in [-0.25, -0.2) is 0 Å². The summed E-state index contributed by atoms with van der Waals surface area (Å²) in [6.07, 6.45) is 0. The molecule has 0 atom stereocenters. The first-order valence-corrected chi connectivity index (χ1v) is 7.45. The zero-order valence-corrected chi connectivity index (χ0v) is 14.3. The number of hydrogen-bond donors (Lipinski definition) is 0. The van der Waals surface area contributed by atoms with Crippen molar-refractivity contribution in [2.24, 2.45) is 5.92 Å². The van der Waals surface area contributed by atoms with Crippen molar-refractivity contribution in [3.05, 3.63) is 22.2 Å². The maximum atomic E-state index is 12.4. The average molecular weight is 344 g/mol. The van der Waals surface area contributed by atoms with Crippen molar-refractivity contribution in [2.75, 3.05) is 27.3 Å². The topological polar surface area (TPSA) is 38.8 Å². The summed E-state index contributed by atoms with van der Waals surface area (Å²) >= 11 is 3.43. The van der Waals surface area contributed by atoms with Gasteiger partial charge in [-0.15, -0.1) is 0 Å². The van der Waals surface area contributed by atoms with Crippen LogP contribution in [-0.2, 0) is 0 Å². The molecular weight excluding hydrogens is 322 g/mol. The van der Waals surface area contributed by atoms with Crippen molar-refractivity contribution in [3.63, 3.8) is 0 Å². The van der Waals surface area contributed by atoms with Crippen LogP contribution in [0.15, 0.2) is 16.6 Å². The first kappa shape index (κ1) is 16.8. The Kier molecular flexibility index (Phi) is 6.33. The molecule has 0 saturated heterocycles. The Morgan fingerprint density at radius 2 is 2.05 bits per heavy atom. The smallest absolute Gasteiger partial charge is 0.253 e. The van der Waals surface area contributed by atoms with Crippen LogP contribution in [0.1, 0.15) is 31.1 Å². The van der Waals surface area contributed by atoms with Crippen molar-refractivity contribution in [1.82, 2.24) is 4.90 Å². The predicted molar refractivity (Wildman–Crippen MR) is 83.7 cm³/mol. The molecule has 112 valence electrons. The normalized spacial score (nSPS) is 10.6. The summed E-state index contributed by atoms with van der Waals surface area (Å²) < 4.78 is 11.5. The highest BCUT2D eigenvalue weighted by Gasteiger charge is 2.18. The molecule has 0 saturated carbocycles. The van der Waals surface area contributed by atoms with Gasteiger partial charge in [-0.2, -0.15) is 0 Å². The molecule has 1 aromatic rings. The highest BCUT2D eigenvalue weighted by atomic mass is 79.9. The van der Waals surface area contributed by atoms with Gasteiger partial charge in [-0.05, 0) is 40.9 Å². The lowest BCUT2D eigenvalue weighted by Crippen LogP contribution is -2.30. The van der Waals surface area contributed by atoms with Gasteiger partial charge < -0.3 is 14.4 Å². The van der Waals surface area contributed by atoms with E-state index >= 15 is 0 Å². The standard InChI is InChI=1S/C15H22BrNO3/c1-6-20-14-12(16)7-11(8-13(14)19-5)15(18)17(4)9-10(2)3/h7-8,10H,6,9H2,1-5H3. The van der Waals surface area contributed by atoms with Crippen molar-refractivity contribution in [2.45, 2.75) is 20.8 Å². The molecule has 0 N–H and O–H groups in total. The Labute approximate surface area is 129 Å². The van der Waals surface area contributed by atoms with Crippen LogP contribution in [0.25, 0.3) is 0 Å². The summed E-state index contributed by atoms with van der Waals surface area (Å²) in [6.45, 7) is 7.32. The molecule has 5 heteroatoms. The van der Waals surface area contributed by atoms with E-state index < -0.39 is 0 Å². The number of benzene rings is 1. The predicted octanol–water partition coefficient (Wildman–Crippen LogP) is 3.58. The molecule has 0 aliphatic heterocycles. The summed E-state index contributed by atoms with van der Waals surface area (Å²) in [5.41, 5.74) is 0.584. The van der Waals surface area contributed by atoms with E-state index in [2.05, 4.69) is 29.8 Å². The third-order valence-corrected chi connectivity index (χ3v) is 3.34. The van der Waals surface area contributed by atoms with E-state index in [-0.39, 0.29) is 5.91 Å². The molecule has 0 heterocycles. The highest BCUT2D eigenvalue weighted by molar-refractivity contribution is 9.10. The van der Waals surface area contributed by atoms with Crippen LogP contribution in [0.2, 0.25) is 0 Å². The molecule has 4 nitrogen and oxygen atoms in total. The maximum Gasteiger partial charge on any atom is 0.253 e. The zero-order valence-electron chi connectivity index (χ0n) is 12.7. The minimum atomic E-state index is -0.0271. The molecule has 0 bridgehead atoms. The zero-order chi connectivity index (χ0) is 15.3. The Balaban J connectivity index is 3.08. The SMILES string of the molecule is CCOc1c(Br)cc(C(=O)N(C)CC(C)C)cc1OC. The quantitative estimate of drug-likeness (QED) is 0.792. The number of ether oxygens (including phenoxy) is 2. The van der Waals surface area contributed by atoms with E-state index in [1.807, 2.05) is 6.92 Å². The Bertz CT molecular complexity index is 474. The van der Waals surface area contributed by atoms with E-state index in [0.29, 0.717) is 36.1 Å². The average Bonchev–Trinajstić information content (AvgIpc) is 2.39. The van der Waals surface area contributed by atoms with Gasteiger partial charge in [0.25, 0.3) is 5.91 Å². The van der Waals surface area contributed by atoms with Crippen LogP contribution in [0, 0.1) is 5.92 Å². The van der Waals surface area contributed by atoms with Crippen LogP contribution < -0.4 is 9.47 Å². The third kappa shape index (κ3) is 4.13. The molecule has 1 amide bonds.